The van der Waals surface area contributed by atoms with Gasteiger partial charge in [-0.05, 0) is 29.7 Å². The topological polar surface area (TPSA) is 73.5 Å². The van der Waals surface area contributed by atoms with Crippen molar-refractivity contribution in [1.82, 2.24) is 14.9 Å². The van der Waals surface area contributed by atoms with Crippen molar-refractivity contribution in [2.75, 3.05) is 19.4 Å². The molecule has 1 aromatic heterocycles. The van der Waals surface area contributed by atoms with E-state index in [0.717, 1.165) is 54.4 Å². The lowest BCUT2D eigenvalue weighted by Crippen LogP contribution is -2.31. The first kappa shape index (κ1) is 18.3. The molecule has 1 aliphatic rings. The molecule has 2 heterocycles. The van der Waals surface area contributed by atoms with Crippen molar-refractivity contribution in [3.8, 4) is 11.5 Å². The van der Waals surface area contributed by atoms with E-state index in [1.54, 1.807) is 13.4 Å². The molecule has 2 N–H and O–H groups in total. The van der Waals surface area contributed by atoms with E-state index in [0.29, 0.717) is 12.4 Å². The molecule has 0 bridgehead atoms. The largest absolute Gasteiger partial charge is 0.493 e. The van der Waals surface area contributed by atoms with Gasteiger partial charge in [0.25, 0.3) is 0 Å². The number of hydrogen-bond donors (Lipinski definition) is 1. The van der Waals surface area contributed by atoms with Crippen molar-refractivity contribution in [2.45, 2.75) is 26.1 Å². The monoisotopic (exact) mass is 376 g/mol. The SMILES string of the molecule is COc1cc(CN2CCc3c(N)ncnc3C2)ccc1OCc1ccccc1. The standard InChI is InChI=1S/C22H24N4O2/c1-27-21-11-17(7-8-20(21)28-14-16-5-3-2-4-6-16)12-26-10-9-18-19(13-26)24-15-25-22(18)23/h2-8,11,15H,9-10,12-14H2,1H3,(H2,23,24,25). The molecule has 6 nitrogen and oxygen atoms in total. The predicted octanol–water partition coefficient (Wildman–Crippen LogP) is 3.20. The summed E-state index contributed by atoms with van der Waals surface area (Å²) in [5, 5.41) is 0. The van der Waals surface area contributed by atoms with Crippen LogP contribution in [0.3, 0.4) is 0 Å². The lowest BCUT2D eigenvalue weighted by atomic mass is 10.0. The highest BCUT2D eigenvalue weighted by atomic mass is 16.5. The highest BCUT2D eigenvalue weighted by Crippen LogP contribution is 2.30. The fraction of sp³-hybridized carbons (Fsp3) is 0.273. The fourth-order valence-corrected chi connectivity index (χ4v) is 3.49. The molecule has 28 heavy (non-hydrogen) atoms. The van der Waals surface area contributed by atoms with Crippen LogP contribution in [0.1, 0.15) is 22.4 Å². The Balaban J connectivity index is 1.43. The van der Waals surface area contributed by atoms with Crippen LogP contribution in [0.25, 0.3) is 0 Å². The summed E-state index contributed by atoms with van der Waals surface area (Å²) in [5.74, 6) is 2.10. The molecule has 2 aromatic carbocycles. The second-order valence-corrected chi connectivity index (χ2v) is 6.90. The molecule has 6 heteroatoms. The van der Waals surface area contributed by atoms with Crippen LogP contribution in [-0.4, -0.2) is 28.5 Å². The summed E-state index contributed by atoms with van der Waals surface area (Å²) >= 11 is 0. The van der Waals surface area contributed by atoms with E-state index < -0.39 is 0 Å². The minimum Gasteiger partial charge on any atom is -0.493 e. The van der Waals surface area contributed by atoms with E-state index in [4.69, 9.17) is 15.2 Å². The molecule has 0 saturated carbocycles. The minimum absolute atomic E-state index is 0.514. The lowest BCUT2D eigenvalue weighted by Gasteiger charge is -2.28. The number of hydrogen-bond acceptors (Lipinski definition) is 6. The van der Waals surface area contributed by atoms with Crippen LogP contribution < -0.4 is 15.2 Å². The Morgan fingerprint density at radius 3 is 2.71 bits per heavy atom. The number of nitrogen functional groups attached to an aromatic ring is 1. The Morgan fingerprint density at radius 1 is 1.04 bits per heavy atom. The zero-order chi connectivity index (χ0) is 19.3. The fourth-order valence-electron chi connectivity index (χ4n) is 3.49. The van der Waals surface area contributed by atoms with Crippen LogP contribution in [0.4, 0.5) is 5.82 Å². The summed E-state index contributed by atoms with van der Waals surface area (Å²) in [4.78, 5) is 10.8. The average molecular weight is 376 g/mol. The van der Waals surface area contributed by atoms with Gasteiger partial charge in [0.2, 0.25) is 0 Å². The summed E-state index contributed by atoms with van der Waals surface area (Å²) in [5.41, 5.74) is 10.4. The van der Waals surface area contributed by atoms with Gasteiger partial charge in [-0.3, -0.25) is 4.90 Å². The number of aromatic nitrogens is 2. The van der Waals surface area contributed by atoms with Gasteiger partial charge in [-0.15, -0.1) is 0 Å². The number of fused-ring (bicyclic) bond motifs is 1. The van der Waals surface area contributed by atoms with Gasteiger partial charge in [0.1, 0.15) is 18.8 Å². The van der Waals surface area contributed by atoms with Crippen molar-refractivity contribution >= 4 is 5.82 Å². The van der Waals surface area contributed by atoms with Gasteiger partial charge >= 0.3 is 0 Å². The molecule has 0 radical (unpaired) electrons. The molecule has 1 aliphatic heterocycles. The third kappa shape index (κ3) is 4.07. The molecule has 0 aliphatic carbocycles. The number of nitrogens with two attached hydrogens (primary N) is 1. The van der Waals surface area contributed by atoms with Crippen molar-refractivity contribution in [3.63, 3.8) is 0 Å². The molecule has 0 fully saturated rings. The average Bonchev–Trinajstić information content (AvgIpc) is 2.73. The molecule has 144 valence electrons. The van der Waals surface area contributed by atoms with Gasteiger partial charge in [0, 0.05) is 25.2 Å². The molecule has 0 amide bonds. The summed E-state index contributed by atoms with van der Waals surface area (Å²) < 4.78 is 11.5. The Labute approximate surface area is 164 Å². The third-order valence-corrected chi connectivity index (χ3v) is 4.99. The first-order valence-corrected chi connectivity index (χ1v) is 9.37. The van der Waals surface area contributed by atoms with Gasteiger partial charge in [-0.25, -0.2) is 9.97 Å². The maximum Gasteiger partial charge on any atom is 0.161 e. The van der Waals surface area contributed by atoms with Crippen molar-refractivity contribution < 1.29 is 9.47 Å². The van der Waals surface area contributed by atoms with E-state index >= 15 is 0 Å². The zero-order valence-electron chi connectivity index (χ0n) is 16.0. The van der Waals surface area contributed by atoms with Gasteiger partial charge in [-0.2, -0.15) is 0 Å². The Hall–Kier alpha value is -3.12. The maximum absolute atomic E-state index is 5.96. The van der Waals surface area contributed by atoms with E-state index in [2.05, 4.69) is 20.9 Å². The number of nitrogens with zero attached hydrogens (tertiary/aromatic N) is 3. The highest BCUT2D eigenvalue weighted by molar-refractivity contribution is 5.44. The lowest BCUT2D eigenvalue weighted by molar-refractivity contribution is 0.240. The number of benzene rings is 2. The zero-order valence-corrected chi connectivity index (χ0v) is 16.0. The Kier molecular flexibility index (Phi) is 5.39. The summed E-state index contributed by atoms with van der Waals surface area (Å²) in [6.07, 6.45) is 2.41. The van der Waals surface area contributed by atoms with Crippen LogP contribution in [-0.2, 0) is 26.1 Å². The second kappa shape index (κ2) is 8.27. The van der Waals surface area contributed by atoms with Gasteiger partial charge in [0.15, 0.2) is 11.5 Å². The molecular formula is C22H24N4O2. The molecule has 0 saturated heterocycles. The number of ether oxygens (including phenoxy) is 2. The first-order valence-electron chi connectivity index (χ1n) is 9.37. The van der Waals surface area contributed by atoms with Crippen LogP contribution >= 0.6 is 0 Å². The second-order valence-electron chi connectivity index (χ2n) is 6.90. The van der Waals surface area contributed by atoms with Crippen molar-refractivity contribution in [1.29, 1.82) is 0 Å². The quantitative estimate of drug-likeness (QED) is 0.712. The Bertz CT molecular complexity index is 947. The molecule has 0 atom stereocenters. The maximum atomic E-state index is 5.96. The highest BCUT2D eigenvalue weighted by Gasteiger charge is 2.20. The summed E-state index contributed by atoms with van der Waals surface area (Å²) in [7, 11) is 1.67. The van der Waals surface area contributed by atoms with Crippen molar-refractivity contribution in [3.05, 3.63) is 77.2 Å². The smallest absolute Gasteiger partial charge is 0.161 e. The van der Waals surface area contributed by atoms with E-state index in [1.807, 2.05) is 42.5 Å². The van der Waals surface area contributed by atoms with Gasteiger partial charge in [-0.1, -0.05) is 36.4 Å². The Morgan fingerprint density at radius 2 is 1.89 bits per heavy atom. The third-order valence-electron chi connectivity index (χ3n) is 4.99. The van der Waals surface area contributed by atoms with Gasteiger partial charge < -0.3 is 15.2 Å². The van der Waals surface area contributed by atoms with Crippen LogP contribution in [0.2, 0.25) is 0 Å². The van der Waals surface area contributed by atoms with E-state index in [1.165, 1.54) is 5.56 Å². The molecule has 4 rings (SSSR count). The van der Waals surface area contributed by atoms with E-state index in [-0.39, 0.29) is 0 Å². The first-order chi connectivity index (χ1) is 13.7. The summed E-state index contributed by atoms with van der Waals surface area (Å²) in [6.45, 7) is 3.04. The number of methoxy groups -OCH3 is 1. The molecule has 0 unspecified atom stereocenters. The molecule has 3 aromatic rings. The normalized spacial score (nSPS) is 13.8. The minimum atomic E-state index is 0.514. The molecular weight excluding hydrogens is 352 g/mol. The van der Waals surface area contributed by atoms with Crippen LogP contribution in [0, 0.1) is 0 Å². The van der Waals surface area contributed by atoms with Crippen LogP contribution in [0.5, 0.6) is 11.5 Å². The number of rotatable bonds is 6. The number of anilines is 1. The van der Waals surface area contributed by atoms with E-state index in [9.17, 15) is 0 Å². The van der Waals surface area contributed by atoms with Crippen molar-refractivity contribution in [2.24, 2.45) is 0 Å². The van der Waals surface area contributed by atoms with Gasteiger partial charge in [0.05, 0.1) is 12.8 Å². The van der Waals surface area contributed by atoms with Crippen LogP contribution in [0.15, 0.2) is 54.9 Å². The summed E-state index contributed by atoms with van der Waals surface area (Å²) in [6, 6.07) is 16.2. The predicted molar refractivity (Wildman–Crippen MR) is 108 cm³/mol. The molecule has 0 spiro atoms.